The second-order valence-corrected chi connectivity index (χ2v) is 8.61. The Hall–Kier alpha value is -2.69. The molecule has 1 fully saturated rings. The van der Waals surface area contributed by atoms with Crippen LogP contribution in [-0.4, -0.2) is 32.8 Å². The van der Waals surface area contributed by atoms with Crippen LogP contribution in [-0.2, 0) is 6.54 Å². The second kappa shape index (κ2) is 8.21. The summed E-state index contributed by atoms with van der Waals surface area (Å²) in [5.41, 5.74) is 4.86. The third-order valence-corrected chi connectivity index (χ3v) is 6.19. The van der Waals surface area contributed by atoms with Crippen LogP contribution < -0.4 is 0 Å². The van der Waals surface area contributed by atoms with Gasteiger partial charge in [0.1, 0.15) is 10.8 Å². The number of halogens is 1. The Morgan fingerprint density at radius 3 is 2.50 bits per heavy atom. The van der Waals surface area contributed by atoms with Crippen molar-refractivity contribution in [3.8, 4) is 16.9 Å². The average Bonchev–Trinajstić information content (AvgIpc) is 3.13. The maximum Gasteiger partial charge on any atom is 0.165 e. The Bertz CT molecular complexity index is 1150. The van der Waals surface area contributed by atoms with Crippen LogP contribution in [0.25, 0.3) is 28.0 Å². The molecule has 0 spiro atoms. The van der Waals surface area contributed by atoms with E-state index in [2.05, 4.69) is 30.0 Å². The summed E-state index contributed by atoms with van der Waals surface area (Å²) in [5.74, 6) is 0.731. The number of fused-ring (bicyclic) bond motifs is 1. The number of aromatic nitrogens is 3. The summed E-state index contributed by atoms with van der Waals surface area (Å²) in [6, 6.07) is 22.6. The standard InChI is InChI=1S/C25H25ClN4/c1-18-9-8-14-29(16-18)17-20-15-22-23(19-10-4-2-5-11-19)28-30(25(22)27-24(20)26)21-12-6-3-7-13-21/h2-7,10-13,15,18H,8-9,14,16-17H2,1H3/t18-/m1/s1. The van der Waals surface area contributed by atoms with E-state index in [-0.39, 0.29) is 0 Å². The summed E-state index contributed by atoms with van der Waals surface area (Å²) in [6.07, 6.45) is 2.55. The van der Waals surface area contributed by atoms with Crippen LogP contribution in [0.2, 0.25) is 5.15 Å². The van der Waals surface area contributed by atoms with Crippen LogP contribution >= 0.6 is 11.6 Å². The number of hydrogen-bond acceptors (Lipinski definition) is 3. The first-order valence-corrected chi connectivity index (χ1v) is 11.0. The van der Waals surface area contributed by atoms with Crippen molar-refractivity contribution in [2.75, 3.05) is 13.1 Å². The monoisotopic (exact) mass is 416 g/mol. The van der Waals surface area contributed by atoms with E-state index in [0.717, 1.165) is 59.1 Å². The normalized spacial score (nSPS) is 17.5. The highest BCUT2D eigenvalue weighted by Crippen LogP contribution is 2.32. The maximum absolute atomic E-state index is 6.69. The molecule has 0 bridgehead atoms. The molecule has 2 aromatic heterocycles. The van der Waals surface area contributed by atoms with Crippen molar-refractivity contribution in [2.24, 2.45) is 5.92 Å². The van der Waals surface area contributed by atoms with Crippen molar-refractivity contribution in [1.29, 1.82) is 0 Å². The van der Waals surface area contributed by atoms with Crippen LogP contribution in [0, 0.1) is 5.92 Å². The quantitative estimate of drug-likeness (QED) is 0.384. The lowest BCUT2D eigenvalue weighted by molar-refractivity contribution is 0.176. The molecule has 3 heterocycles. The van der Waals surface area contributed by atoms with Crippen molar-refractivity contribution in [1.82, 2.24) is 19.7 Å². The molecule has 1 saturated heterocycles. The van der Waals surface area contributed by atoms with Gasteiger partial charge in [0.25, 0.3) is 0 Å². The lowest BCUT2D eigenvalue weighted by atomic mass is 10.00. The number of rotatable bonds is 4. The topological polar surface area (TPSA) is 34.0 Å². The van der Waals surface area contributed by atoms with Gasteiger partial charge in [0.15, 0.2) is 5.65 Å². The fourth-order valence-electron chi connectivity index (χ4n) is 4.40. The molecule has 0 unspecified atom stereocenters. The lowest BCUT2D eigenvalue weighted by Gasteiger charge is -2.30. The Morgan fingerprint density at radius 2 is 1.77 bits per heavy atom. The number of hydrogen-bond donors (Lipinski definition) is 0. The van der Waals surface area contributed by atoms with Gasteiger partial charge in [0.2, 0.25) is 0 Å². The zero-order valence-corrected chi connectivity index (χ0v) is 17.9. The van der Waals surface area contributed by atoms with Crippen LogP contribution in [0.1, 0.15) is 25.3 Å². The third-order valence-electron chi connectivity index (χ3n) is 5.87. The first-order valence-electron chi connectivity index (χ1n) is 10.6. The molecule has 4 nitrogen and oxygen atoms in total. The number of benzene rings is 2. The number of piperidine rings is 1. The molecule has 30 heavy (non-hydrogen) atoms. The van der Waals surface area contributed by atoms with E-state index in [1.807, 2.05) is 53.2 Å². The Balaban J connectivity index is 1.64. The minimum atomic E-state index is 0.567. The second-order valence-electron chi connectivity index (χ2n) is 8.25. The summed E-state index contributed by atoms with van der Waals surface area (Å²) >= 11 is 6.69. The number of likely N-dealkylation sites (tertiary alicyclic amines) is 1. The zero-order chi connectivity index (χ0) is 20.5. The molecule has 0 aliphatic carbocycles. The molecule has 1 aliphatic rings. The van der Waals surface area contributed by atoms with Gasteiger partial charge in [0.05, 0.1) is 5.69 Å². The van der Waals surface area contributed by atoms with Crippen molar-refractivity contribution in [2.45, 2.75) is 26.3 Å². The number of para-hydroxylation sites is 1. The number of pyridine rings is 1. The van der Waals surface area contributed by atoms with E-state index < -0.39 is 0 Å². The maximum atomic E-state index is 6.69. The van der Waals surface area contributed by atoms with E-state index in [9.17, 15) is 0 Å². The molecule has 0 radical (unpaired) electrons. The molecule has 4 aromatic rings. The summed E-state index contributed by atoms with van der Waals surface area (Å²) < 4.78 is 1.90. The molecule has 0 saturated carbocycles. The van der Waals surface area contributed by atoms with Crippen molar-refractivity contribution < 1.29 is 0 Å². The SMILES string of the molecule is C[C@@H]1CCCN(Cc2cc3c(-c4ccccc4)nn(-c4ccccc4)c3nc2Cl)C1. The van der Waals surface area contributed by atoms with Gasteiger partial charge in [-0.2, -0.15) is 5.10 Å². The highest BCUT2D eigenvalue weighted by atomic mass is 35.5. The highest BCUT2D eigenvalue weighted by molar-refractivity contribution is 6.30. The van der Waals surface area contributed by atoms with Gasteiger partial charge in [-0.3, -0.25) is 4.90 Å². The van der Waals surface area contributed by atoms with Crippen LogP contribution in [0.5, 0.6) is 0 Å². The summed E-state index contributed by atoms with van der Waals surface area (Å²) in [5, 5.41) is 6.56. The Kier molecular flexibility index (Phi) is 5.28. The van der Waals surface area contributed by atoms with Gasteiger partial charge in [-0.15, -0.1) is 0 Å². The van der Waals surface area contributed by atoms with E-state index in [0.29, 0.717) is 5.15 Å². The first-order chi connectivity index (χ1) is 14.7. The van der Waals surface area contributed by atoms with Crippen LogP contribution in [0.4, 0.5) is 0 Å². The molecular formula is C25H25ClN4. The molecule has 1 aliphatic heterocycles. The minimum absolute atomic E-state index is 0.567. The van der Waals surface area contributed by atoms with Crippen molar-refractivity contribution in [3.05, 3.63) is 77.4 Å². The molecule has 5 rings (SSSR count). The fraction of sp³-hybridized carbons (Fsp3) is 0.280. The van der Waals surface area contributed by atoms with Crippen LogP contribution in [0.3, 0.4) is 0 Å². The van der Waals surface area contributed by atoms with Crippen molar-refractivity contribution in [3.63, 3.8) is 0 Å². The molecule has 1 atom stereocenters. The molecule has 0 amide bonds. The predicted molar refractivity (Wildman–Crippen MR) is 123 cm³/mol. The third kappa shape index (κ3) is 3.73. The largest absolute Gasteiger partial charge is 0.299 e. The summed E-state index contributed by atoms with van der Waals surface area (Å²) in [6.45, 7) is 5.39. The van der Waals surface area contributed by atoms with E-state index in [1.54, 1.807) is 0 Å². The predicted octanol–water partition coefficient (Wildman–Crippen LogP) is 5.97. The zero-order valence-electron chi connectivity index (χ0n) is 17.1. The van der Waals surface area contributed by atoms with Crippen molar-refractivity contribution >= 4 is 22.6 Å². The molecule has 2 aromatic carbocycles. The summed E-state index contributed by atoms with van der Waals surface area (Å²) in [7, 11) is 0. The first kappa shape index (κ1) is 19.3. The Labute approximate surface area is 182 Å². The fourth-order valence-corrected chi connectivity index (χ4v) is 4.60. The van der Waals surface area contributed by atoms with E-state index in [1.165, 1.54) is 12.8 Å². The van der Waals surface area contributed by atoms with E-state index >= 15 is 0 Å². The molecular weight excluding hydrogens is 392 g/mol. The van der Waals surface area contributed by atoms with Gasteiger partial charge in [-0.1, -0.05) is 67.1 Å². The van der Waals surface area contributed by atoms with Gasteiger partial charge in [0, 0.05) is 29.6 Å². The average molecular weight is 417 g/mol. The van der Waals surface area contributed by atoms with Gasteiger partial charge < -0.3 is 0 Å². The molecule has 0 N–H and O–H groups in total. The smallest absolute Gasteiger partial charge is 0.165 e. The minimum Gasteiger partial charge on any atom is -0.299 e. The molecule has 152 valence electrons. The molecule has 5 heteroatoms. The van der Waals surface area contributed by atoms with Crippen LogP contribution in [0.15, 0.2) is 66.7 Å². The van der Waals surface area contributed by atoms with Gasteiger partial charge in [-0.05, 0) is 43.5 Å². The van der Waals surface area contributed by atoms with Gasteiger partial charge >= 0.3 is 0 Å². The lowest BCUT2D eigenvalue weighted by Crippen LogP contribution is -2.33. The van der Waals surface area contributed by atoms with E-state index in [4.69, 9.17) is 21.7 Å². The summed E-state index contributed by atoms with van der Waals surface area (Å²) in [4.78, 5) is 7.31. The van der Waals surface area contributed by atoms with Gasteiger partial charge in [-0.25, -0.2) is 9.67 Å². The highest BCUT2D eigenvalue weighted by Gasteiger charge is 2.21. The number of nitrogens with zero attached hydrogens (tertiary/aromatic N) is 4. The Morgan fingerprint density at radius 1 is 1.03 bits per heavy atom.